The first kappa shape index (κ1) is 28.7. The number of ether oxygens (including phenoxy) is 1. The maximum atomic E-state index is 11.7. The number of carbonyl (C=O) groups excluding carboxylic acids is 1. The largest absolute Gasteiger partial charge is 0.512 e. The molecule has 1 N–H and O–H groups in total. The molecule has 0 saturated carbocycles. The van der Waals surface area contributed by atoms with Crippen molar-refractivity contribution in [3.8, 4) is 11.5 Å². The van der Waals surface area contributed by atoms with Crippen molar-refractivity contribution in [3.63, 3.8) is 0 Å². The van der Waals surface area contributed by atoms with Crippen molar-refractivity contribution < 1.29 is 34.7 Å². The van der Waals surface area contributed by atoms with Crippen molar-refractivity contribution in [2.75, 3.05) is 0 Å². The number of nitrogens with zero attached hydrogens (tertiary/aromatic N) is 1. The summed E-state index contributed by atoms with van der Waals surface area (Å²) in [6.45, 7) is 8.07. The quantitative estimate of drug-likeness (QED) is 0.0782. The first-order chi connectivity index (χ1) is 18.5. The van der Waals surface area contributed by atoms with Crippen LogP contribution in [0.15, 0.2) is 72.6 Å². The molecule has 1 radical (unpaired) electrons. The van der Waals surface area contributed by atoms with E-state index in [0.29, 0.717) is 0 Å². The minimum absolute atomic E-state index is 0. The Morgan fingerprint density at radius 3 is 2.31 bits per heavy atom. The fourth-order valence-corrected chi connectivity index (χ4v) is 5.63. The van der Waals surface area contributed by atoms with E-state index in [1.54, 1.807) is 0 Å². The third-order valence-corrected chi connectivity index (χ3v) is 7.86. The van der Waals surface area contributed by atoms with E-state index in [9.17, 15) is 9.90 Å². The van der Waals surface area contributed by atoms with E-state index in [2.05, 4.69) is 35.3 Å². The first-order valence-corrected chi connectivity index (χ1v) is 13.7. The molecule has 5 aromatic rings. The number of aromatic nitrogens is 1. The molecule has 203 valence electrons. The van der Waals surface area contributed by atoms with E-state index in [0.717, 1.165) is 53.5 Å². The van der Waals surface area contributed by atoms with Gasteiger partial charge in [0.15, 0.2) is 5.78 Å². The molecule has 0 atom stereocenters. The number of carbonyl (C=O) groups is 1. The normalized spacial score (nSPS) is 12.3. The van der Waals surface area contributed by atoms with E-state index < -0.39 is 0 Å². The summed E-state index contributed by atoms with van der Waals surface area (Å²) in [6, 6.07) is 22.0. The summed E-state index contributed by atoms with van der Waals surface area (Å²) in [7, 11) is 0. The fourth-order valence-electron chi connectivity index (χ4n) is 5.63. The van der Waals surface area contributed by atoms with Crippen molar-refractivity contribution in [3.05, 3.63) is 78.7 Å². The van der Waals surface area contributed by atoms with Gasteiger partial charge in [-0.05, 0) is 48.6 Å². The Morgan fingerprint density at radius 1 is 0.872 bits per heavy atom. The van der Waals surface area contributed by atoms with E-state index in [1.807, 2.05) is 64.2 Å². The van der Waals surface area contributed by atoms with Gasteiger partial charge in [0, 0.05) is 60.5 Å². The average Bonchev–Trinajstić information content (AvgIpc) is 2.95. The zero-order chi connectivity index (χ0) is 26.8. The molecule has 0 amide bonds. The third-order valence-electron chi connectivity index (χ3n) is 7.86. The van der Waals surface area contributed by atoms with Gasteiger partial charge in [0.2, 0.25) is 0 Å². The van der Waals surface area contributed by atoms with Gasteiger partial charge in [0.25, 0.3) is 0 Å². The van der Waals surface area contributed by atoms with Crippen LogP contribution in [0.25, 0.3) is 43.2 Å². The molecule has 0 spiro atoms. The molecule has 0 fully saturated rings. The van der Waals surface area contributed by atoms with Crippen LogP contribution in [-0.4, -0.2) is 15.9 Å². The van der Waals surface area contributed by atoms with Gasteiger partial charge in [-0.25, -0.2) is 0 Å². The summed E-state index contributed by atoms with van der Waals surface area (Å²) in [6.07, 6.45) is 6.72. The second kappa shape index (κ2) is 12.3. The molecule has 6 rings (SSSR count). The molecule has 2 heterocycles. The van der Waals surface area contributed by atoms with Crippen LogP contribution in [0.3, 0.4) is 0 Å². The molecule has 1 aliphatic rings. The van der Waals surface area contributed by atoms with E-state index in [1.165, 1.54) is 33.0 Å². The Kier molecular flexibility index (Phi) is 9.04. The smallest absolute Gasteiger partial charge is 0.162 e. The number of benzene rings is 4. The molecule has 5 heteroatoms. The van der Waals surface area contributed by atoms with Gasteiger partial charge in [-0.3, -0.25) is 4.79 Å². The molecule has 1 aromatic heterocycles. The third kappa shape index (κ3) is 5.18. The van der Waals surface area contributed by atoms with Crippen LogP contribution in [0.4, 0.5) is 0 Å². The van der Waals surface area contributed by atoms with Crippen LogP contribution in [0.1, 0.15) is 53.4 Å². The summed E-state index contributed by atoms with van der Waals surface area (Å²) in [5.41, 5.74) is 0.965. The molecule has 1 aliphatic heterocycles. The Labute approximate surface area is 243 Å². The minimum atomic E-state index is 0. The van der Waals surface area contributed by atoms with E-state index in [4.69, 9.17) is 4.74 Å². The Bertz CT molecular complexity index is 1680. The number of hydrogen-bond acceptors (Lipinski definition) is 4. The number of hydrogen-bond donors (Lipinski definition) is 1. The van der Waals surface area contributed by atoms with E-state index in [-0.39, 0.29) is 43.5 Å². The van der Waals surface area contributed by atoms with Crippen molar-refractivity contribution in [2.24, 2.45) is 11.8 Å². The van der Waals surface area contributed by atoms with Crippen molar-refractivity contribution in [2.45, 2.75) is 53.4 Å². The second-order valence-electron chi connectivity index (χ2n) is 9.93. The molecule has 0 bridgehead atoms. The minimum Gasteiger partial charge on any atom is -0.512 e. The molecule has 4 nitrogen and oxygen atoms in total. The summed E-state index contributed by atoms with van der Waals surface area (Å²) < 4.78 is 6.18. The number of rotatable bonds is 7. The zero-order valence-electron chi connectivity index (χ0n) is 22.9. The Balaban J connectivity index is 0.000000196. The second-order valence-corrected chi connectivity index (χ2v) is 9.93. The van der Waals surface area contributed by atoms with Gasteiger partial charge in [-0.15, -0.1) is 29.7 Å². The van der Waals surface area contributed by atoms with Crippen LogP contribution >= 0.6 is 0 Å². The molecule has 39 heavy (non-hydrogen) atoms. The molecule has 0 saturated heterocycles. The average molecular weight is 697 g/mol. The summed E-state index contributed by atoms with van der Waals surface area (Å²) in [5.74, 6) is 2.35. The topological polar surface area (TPSA) is 59.4 Å². The molecular formula is C34H34IrNO3-. The predicted molar refractivity (Wildman–Crippen MR) is 157 cm³/mol. The Morgan fingerprint density at radius 2 is 1.59 bits per heavy atom. The summed E-state index contributed by atoms with van der Waals surface area (Å²) in [4.78, 5) is 16.4. The van der Waals surface area contributed by atoms with Crippen LogP contribution < -0.4 is 4.74 Å². The standard InChI is InChI=1S/C21H10NO.C13H24O2.Ir/c1-2-6-15-13(5-1)14-9-8-12-4-3-7-16-18(12)19(14)20-17(23-16)10-11-22-21(15)20;1-5-10(6-2)12(14)9-13(15)11(7-3)8-4;/h1-5,7-11H;9-11,14H,5-8H2,1-4H3;/q-1;;/b;12-9-;. The molecular weight excluding hydrogens is 663 g/mol. The number of allylic oxidation sites excluding steroid dienone is 2. The van der Waals surface area contributed by atoms with Crippen LogP contribution in [-0.2, 0) is 24.9 Å². The maximum absolute atomic E-state index is 11.7. The number of ketones is 1. The monoisotopic (exact) mass is 697 g/mol. The molecule has 0 aliphatic carbocycles. The van der Waals surface area contributed by atoms with Gasteiger partial charge >= 0.3 is 0 Å². The van der Waals surface area contributed by atoms with Crippen LogP contribution in [0.2, 0.25) is 0 Å². The Hall–Kier alpha value is -3.27. The van der Waals surface area contributed by atoms with Crippen LogP contribution in [0, 0.1) is 17.9 Å². The zero-order valence-corrected chi connectivity index (χ0v) is 25.3. The van der Waals surface area contributed by atoms with Crippen molar-refractivity contribution >= 4 is 49.0 Å². The SMILES string of the molecule is CCC(CC)C(=O)/C=C(\O)C(CC)CC.[Ir].[c-]1cccc2c1c1nccc3c1c1c2ccc2cccc(c21)O3. The van der Waals surface area contributed by atoms with Crippen molar-refractivity contribution in [1.29, 1.82) is 0 Å². The summed E-state index contributed by atoms with van der Waals surface area (Å²) in [5, 5.41) is 18.0. The fraction of sp³-hybridized carbons (Fsp3) is 0.294. The van der Waals surface area contributed by atoms with E-state index >= 15 is 0 Å². The van der Waals surface area contributed by atoms with Gasteiger partial charge in [0.05, 0.1) is 5.76 Å². The summed E-state index contributed by atoms with van der Waals surface area (Å²) >= 11 is 0. The number of aliphatic hydroxyl groups excluding tert-OH is 1. The molecule has 4 aromatic carbocycles. The predicted octanol–water partition coefficient (Wildman–Crippen LogP) is 9.47. The molecule has 0 unspecified atom stereocenters. The van der Waals surface area contributed by atoms with Crippen molar-refractivity contribution in [1.82, 2.24) is 4.98 Å². The maximum Gasteiger partial charge on any atom is 0.162 e. The van der Waals surface area contributed by atoms with Gasteiger partial charge in [-0.2, -0.15) is 0 Å². The van der Waals surface area contributed by atoms with Crippen LogP contribution in [0.5, 0.6) is 11.5 Å². The van der Waals surface area contributed by atoms with Gasteiger partial charge < -0.3 is 14.8 Å². The number of pyridine rings is 1. The number of aliphatic hydroxyl groups is 1. The van der Waals surface area contributed by atoms with Gasteiger partial charge in [-0.1, -0.05) is 62.7 Å². The first-order valence-electron chi connectivity index (χ1n) is 13.7. The number of fused-ring (bicyclic) bond motifs is 3. The van der Waals surface area contributed by atoms with Gasteiger partial charge in [0.1, 0.15) is 11.5 Å².